The van der Waals surface area contributed by atoms with Crippen molar-refractivity contribution in [1.82, 2.24) is 4.31 Å². The number of aliphatic hydroxyl groups is 2. The molecule has 2 rings (SSSR count). The van der Waals surface area contributed by atoms with Gasteiger partial charge in [0, 0.05) is 19.6 Å². The Hall–Kier alpha value is -1.15. The minimum Gasteiger partial charge on any atom is -0.389 e. The number of aliphatic hydroxyl groups excluding tert-OH is 2. The summed E-state index contributed by atoms with van der Waals surface area (Å²) in [5.74, 6) is 0. The summed E-state index contributed by atoms with van der Waals surface area (Å²) >= 11 is 0. The van der Waals surface area contributed by atoms with Gasteiger partial charge in [-0.05, 0) is 19.1 Å². The molecular formula is C12H18N2O4S. The number of anilines is 1. The highest BCUT2D eigenvalue weighted by molar-refractivity contribution is 7.89. The maximum atomic E-state index is 12.5. The van der Waals surface area contributed by atoms with Gasteiger partial charge in [-0.1, -0.05) is 12.1 Å². The molecule has 0 spiro atoms. The molecule has 6 nitrogen and oxygen atoms in total. The van der Waals surface area contributed by atoms with Crippen LogP contribution in [0.2, 0.25) is 0 Å². The van der Waals surface area contributed by atoms with Gasteiger partial charge in [0.1, 0.15) is 4.90 Å². The fraction of sp³-hybridized carbons (Fsp3) is 0.500. The van der Waals surface area contributed by atoms with Gasteiger partial charge in [0.2, 0.25) is 10.0 Å². The maximum Gasteiger partial charge on any atom is 0.245 e. The van der Waals surface area contributed by atoms with Gasteiger partial charge in [0.15, 0.2) is 0 Å². The number of nitrogens with one attached hydrogen (secondary N) is 1. The largest absolute Gasteiger partial charge is 0.389 e. The molecule has 1 aromatic carbocycles. The summed E-state index contributed by atoms with van der Waals surface area (Å²) in [5, 5.41) is 22.0. The molecule has 2 unspecified atom stereocenters. The Kier molecular flexibility index (Phi) is 4.10. The summed E-state index contributed by atoms with van der Waals surface area (Å²) in [6, 6.07) is 6.62. The molecule has 1 aliphatic rings. The molecular weight excluding hydrogens is 268 g/mol. The Morgan fingerprint density at radius 1 is 1.26 bits per heavy atom. The third-order valence-corrected chi connectivity index (χ3v) is 4.99. The minimum atomic E-state index is -3.71. The van der Waals surface area contributed by atoms with Gasteiger partial charge in [-0.3, -0.25) is 0 Å². The highest BCUT2D eigenvalue weighted by Crippen LogP contribution is 2.27. The summed E-state index contributed by atoms with van der Waals surface area (Å²) in [6.45, 7) is 2.33. The highest BCUT2D eigenvalue weighted by Gasteiger charge is 2.38. The first-order valence-electron chi connectivity index (χ1n) is 6.16. The molecule has 19 heavy (non-hydrogen) atoms. The molecule has 0 bridgehead atoms. The minimum absolute atomic E-state index is 0.0794. The highest BCUT2D eigenvalue weighted by atomic mass is 32.2. The van der Waals surface area contributed by atoms with Crippen molar-refractivity contribution < 1.29 is 18.6 Å². The lowest BCUT2D eigenvalue weighted by molar-refractivity contribution is 0.0572. The molecule has 7 heteroatoms. The molecule has 2 atom stereocenters. The Balaban J connectivity index is 2.35. The SMILES string of the molecule is CCNc1ccccc1S(=O)(=O)N1CC(O)C(O)C1. The molecule has 0 amide bonds. The number of β-amino-alcohol motifs (C(OH)–C–C–N with tert-alkyl or cyclic N) is 2. The first kappa shape index (κ1) is 14.3. The van der Waals surface area contributed by atoms with E-state index in [1.54, 1.807) is 18.2 Å². The van der Waals surface area contributed by atoms with Gasteiger partial charge in [-0.2, -0.15) is 4.31 Å². The number of para-hydroxylation sites is 1. The van der Waals surface area contributed by atoms with E-state index in [0.29, 0.717) is 12.2 Å². The van der Waals surface area contributed by atoms with E-state index < -0.39 is 22.2 Å². The van der Waals surface area contributed by atoms with E-state index in [9.17, 15) is 18.6 Å². The second-order valence-electron chi connectivity index (χ2n) is 4.48. The van der Waals surface area contributed by atoms with Crippen molar-refractivity contribution in [3.63, 3.8) is 0 Å². The maximum absolute atomic E-state index is 12.5. The number of rotatable bonds is 4. The molecule has 1 heterocycles. The van der Waals surface area contributed by atoms with Crippen LogP contribution >= 0.6 is 0 Å². The lowest BCUT2D eigenvalue weighted by atomic mass is 10.3. The van der Waals surface area contributed by atoms with E-state index in [0.717, 1.165) is 4.31 Å². The van der Waals surface area contributed by atoms with Crippen molar-refractivity contribution in [3.05, 3.63) is 24.3 Å². The predicted octanol–water partition coefficient (Wildman–Crippen LogP) is -0.156. The zero-order valence-electron chi connectivity index (χ0n) is 10.7. The number of nitrogens with zero attached hydrogens (tertiary/aromatic N) is 1. The molecule has 1 saturated heterocycles. The second-order valence-corrected chi connectivity index (χ2v) is 6.39. The van der Waals surface area contributed by atoms with Crippen LogP contribution in [0.4, 0.5) is 5.69 Å². The van der Waals surface area contributed by atoms with Crippen LogP contribution in [0.5, 0.6) is 0 Å². The average Bonchev–Trinajstić information content (AvgIpc) is 2.71. The molecule has 1 fully saturated rings. The molecule has 106 valence electrons. The van der Waals surface area contributed by atoms with Crippen molar-refractivity contribution in [2.24, 2.45) is 0 Å². The zero-order chi connectivity index (χ0) is 14.0. The fourth-order valence-electron chi connectivity index (χ4n) is 2.10. The Morgan fingerprint density at radius 2 is 1.84 bits per heavy atom. The first-order chi connectivity index (χ1) is 8.96. The third kappa shape index (κ3) is 2.74. The normalized spacial score (nSPS) is 24.6. The van der Waals surface area contributed by atoms with E-state index >= 15 is 0 Å². The van der Waals surface area contributed by atoms with Gasteiger partial charge in [0.05, 0.1) is 17.9 Å². The Bertz CT molecular complexity index is 536. The van der Waals surface area contributed by atoms with Crippen molar-refractivity contribution >= 4 is 15.7 Å². The third-order valence-electron chi connectivity index (χ3n) is 3.10. The van der Waals surface area contributed by atoms with Crippen LogP contribution in [0.15, 0.2) is 29.2 Å². The van der Waals surface area contributed by atoms with Gasteiger partial charge in [0.25, 0.3) is 0 Å². The smallest absolute Gasteiger partial charge is 0.245 e. The van der Waals surface area contributed by atoms with Crippen LogP contribution in [0, 0.1) is 0 Å². The van der Waals surface area contributed by atoms with Gasteiger partial charge in [-0.15, -0.1) is 0 Å². The summed E-state index contributed by atoms with van der Waals surface area (Å²) < 4.78 is 26.1. The quantitative estimate of drug-likeness (QED) is 0.716. The van der Waals surface area contributed by atoms with Crippen LogP contribution in [-0.2, 0) is 10.0 Å². The molecule has 3 N–H and O–H groups in total. The Labute approximate surface area is 112 Å². The van der Waals surface area contributed by atoms with Crippen LogP contribution in [0.1, 0.15) is 6.92 Å². The van der Waals surface area contributed by atoms with Crippen molar-refractivity contribution in [1.29, 1.82) is 0 Å². The van der Waals surface area contributed by atoms with Gasteiger partial charge >= 0.3 is 0 Å². The first-order valence-corrected chi connectivity index (χ1v) is 7.60. The predicted molar refractivity (Wildman–Crippen MR) is 71.4 cm³/mol. The summed E-state index contributed by atoms with van der Waals surface area (Å²) in [7, 11) is -3.71. The molecule has 0 saturated carbocycles. The van der Waals surface area contributed by atoms with Gasteiger partial charge < -0.3 is 15.5 Å². The Morgan fingerprint density at radius 3 is 2.42 bits per heavy atom. The lowest BCUT2D eigenvalue weighted by Crippen LogP contribution is -2.30. The summed E-state index contributed by atoms with van der Waals surface area (Å²) in [4.78, 5) is 0.165. The van der Waals surface area contributed by atoms with Crippen LogP contribution in [-0.4, -0.2) is 54.8 Å². The van der Waals surface area contributed by atoms with E-state index in [-0.39, 0.29) is 18.0 Å². The lowest BCUT2D eigenvalue weighted by Gasteiger charge is -2.18. The van der Waals surface area contributed by atoms with Crippen molar-refractivity contribution in [2.45, 2.75) is 24.0 Å². The van der Waals surface area contributed by atoms with E-state index in [1.165, 1.54) is 6.07 Å². The summed E-state index contributed by atoms with van der Waals surface area (Å²) in [5.41, 5.74) is 0.529. The van der Waals surface area contributed by atoms with E-state index in [1.807, 2.05) is 6.92 Å². The van der Waals surface area contributed by atoms with Crippen LogP contribution in [0.25, 0.3) is 0 Å². The van der Waals surface area contributed by atoms with E-state index in [2.05, 4.69) is 5.32 Å². The summed E-state index contributed by atoms with van der Waals surface area (Å²) in [6.07, 6.45) is -2.05. The van der Waals surface area contributed by atoms with Gasteiger partial charge in [-0.25, -0.2) is 8.42 Å². The molecule has 1 aliphatic heterocycles. The fourth-order valence-corrected chi connectivity index (χ4v) is 3.74. The second kappa shape index (κ2) is 5.46. The topological polar surface area (TPSA) is 89.9 Å². The average molecular weight is 286 g/mol. The monoisotopic (exact) mass is 286 g/mol. The number of hydrogen-bond donors (Lipinski definition) is 3. The molecule has 0 aromatic heterocycles. The molecule has 0 radical (unpaired) electrons. The zero-order valence-corrected chi connectivity index (χ0v) is 11.5. The number of benzene rings is 1. The number of sulfonamides is 1. The molecule has 0 aliphatic carbocycles. The van der Waals surface area contributed by atoms with Crippen molar-refractivity contribution in [2.75, 3.05) is 25.0 Å². The van der Waals surface area contributed by atoms with E-state index in [4.69, 9.17) is 0 Å². The number of hydrogen-bond acceptors (Lipinski definition) is 5. The van der Waals surface area contributed by atoms with Crippen LogP contribution in [0.3, 0.4) is 0 Å². The molecule has 1 aromatic rings. The standard InChI is InChI=1S/C12H18N2O4S/c1-2-13-9-5-3-4-6-12(9)19(17,18)14-7-10(15)11(16)8-14/h3-6,10-11,13,15-16H,2,7-8H2,1H3. The van der Waals surface area contributed by atoms with Crippen molar-refractivity contribution in [3.8, 4) is 0 Å². The van der Waals surface area contributed by atoms with Crippen LogP contribution < -0.4 is 5.32 Å².